The second kappa shape index (κ2) is 6.31. The summed E-state index contributed by atoms with van der Waals surface area (Å²) in [5, 5.41) is 3.01. The fraction of sp³-hybridized carbons (Fsp3) is 0.118. The first-order chi connectivity index (χ1) is 11.2. The summed E-state index contributed by atoms with van der Waals surface area (Å²) in [5.41, 5.74) is 0.868. The van der Waals surface area contributed by atoms with Gasteiger partial charge in [-0.2, -0.15) is 0 Å². The molecule has 0 aliphatic rings. The molecule has 0 saturated heterocycles. The Bertz CT molecular complexity index is 904. The molecule has 0 spiro atoms. The number of ether oxygens (including phenoxy) is 1. The van der Waals surface area contributed by atoms with E-state index in [4.69, 9.17) is 4.74 Å². The van der Waals surface area contributed by atoms with Crippen molar-refractivity contribution in [2.75, 3.05) is 11.9 Å². The number of amides is 1. The van der Waals surface area contributed by atoms with Crippen LogP contribution in [0.4, 0.5) is 10.7 Å². The SMILES string of the molecule is CCOC(=O)Nc1nc2ccccc2c(=O)n1-c1ccccc1. The molecule has 1 N–H and O–H groups in total. The van der Waals surface area contributed by atoms with Gasteiger partial charge in [0.05, 0.1) is 23.2 Å². The highest BCUT2D eigenvalue weighted by Crippen LogP contribution is 2.16. The van der Waals surface area contributed by atoms with Crippen molar-refractivity contribution in [2.45, 2.75) is 6.92 Å². The maximum absolute atomic E-state index is 12.8. The summed E-state index contributed by atoms with van der Waals surface area (Å²) in [5.74, 6) is 0.123. The van der Waals surface area contributed by atoms with Gasteiger partial charge in [0.2, 0.25) is 5.95 Å². The zero-order valence-corrected chi connectivity index (χ0v) is 12.5. The van der Waals surface area contributed by atoms with Crippen LogP contribution >= 0.6 is 0 Å². The predicted octanol–water partition coefficient (Wildman–Crippen LogP) is 2.95. The average Bonchev–Trinajstić information content (AvgIpc) is 2.56. The third kappa shape index (κ3) is 2.91. The predicted molar refractivity (Wildman–Crippen MR) is 88.0 cm³/mol. The van der Waals surface area contributed by atoms with Gasteiger partial charge in [-0.1, -0.05) is 30.3 Å². The van der Waals surface area contributed by atoms with E-state index in [1.54, 1.807) is 43.3 Å². The van der Waals surface area contributed by atoms with Gasteiger partial charge in [-0.25, -0.2) is 14.3 Å². The summed E-state index contributed by atoms with van der Waals surface area (Å²) in [4.78, 5) is 29.0. The Kier molecular flexibility index (Phi) is 4.05. The third-order valence-electron chi connectivity index (χ3n) is 3.28. The maximum Gasteiger partial charge on any atom is 0.413 e. The highest BCUT2D eigenvalue weighted by atomic mass is 16.5. The third-order valence-corrected chi connectivity index (χ3v) is 3.28. The molecule has 3 rings (SSSR count). The molecule has 1 amide bonds. The molecule has 3 aromatic rings. The van der Waals surface area contributed by atoms with Crippen molar-refractivity contribution in [3.63, 3.8) is 0 Å². The van der Waals surface area contributed by atoms with Gasteiger partial charge in [0.25, 0.3) is 5.56 Å². The first kappa shape index (κ1) is 14.8. The quantitative estimate of drug-likeness (QED) is 0.807. The van der Waals surface area contributed by atoms with Gasteiger partial charge in [0.1, 0.15) is 0 Å². The minimum Gasteiger partial charge on any atom is -0.450 e. The Labute approximate surface area is 132 Å². The van der Waals surface area contributed by atoms with E-state index in [1.807, 2.05) is 18.2 Å². The summed E-state index contributed by atoms with van der Waals surface area (Å²) < 4.78 is 6.24. The number of nitrogens with one attached hydrogen (secondary N) is 1. The summed E-state index contributed by atoms with van der Waals surface area (Å²) >= 11 is 0. The number of anilines is 1. The van der Waals surface area contributed by atoms with Crippen LogP contribution in [0, 0.1) is 0 Å². The standard InChI is InChI=1S/C17H15N3O3/c1-2-23-17(22)19-16-18-14-11-7-6-10-13(14)15(21)20(16)12-8-4-3-5-9-12/h3-11H,2H2,1H3,(H,18,19,22). The monoisotopic (exact) mass is 309 g/mol. The minimum absolute atomic E-state index is 0.123. The van der Waals surface area contributed by atoms with E-state index in [-0.39, 0.29) is 18.1 Å². The van der Waals surface area contributed by atoms with Crippen molar-refractivity contribution in [3.05, 3.63) is 65.0 Å². The second-order valence-corrected chi connectivity index (χ2v) is 4.77. The Morgan fingerprint density at radius 2 is 1.83 bits per heavy atom. The van der Waals surface area contributed by atoms with Crippen LogP contribution < -0.4 is 10.9 Å². The van der Waals surface area contributed by atoms with Crippen LogP contribution in [0.5, 0.6) is 0 Å². The van der Waals surface area contributed by atoms with Gasteiger partial charge in [0, 0.05) is 0 Å². The lowest BCUT2D eigenvalue weighted by molar-refractivity contribution is 0.167. The van der Waals surface area contributed by atoms with Gasteiger partial charge in [-0.15, -0.1) is 0 Å². The molecule has 0 atom stereocenters. The van der Waals surface area contributed by atoms with Crippen molar-refractivity contribution < 1.29 is 9.53 Å². The van der Waals surface area contributed by atoms with Gasteiger partial charge in [-0.05, 0) is 31.2 Å². The molecule has 0 aliphatic carbocycles. The average molecular weight is 309 g/mol. The second-order valence-electron chi connectivity index (χ2n) is 4.77. The molecule has 6 nitrogen and oxygen atoms in total. The normalized spacial score (nSPS) is 10.5. The molecule has 0 saturated carbocycles. The number of aromatic nitrogens is 2. The highest BCUT2D eigenvalue weighted by molar-refractivity contribution is 5.86. The van der Waals surface area contributed by atoms with E-state index in [0.29, 0.717) is 16.6 Å². The van der Waals surface area contributed by atoms with Crippen molar-refractivity contribution >= 4 is 22.9 Å². The molecule has 6 heteroatoms. The van der Waals surface area contributed by atoms with Crippen LogP contribution in [0.3, 0.4) is 0 Å². The van der Waals surface area contributed by atoms with E-state index in [9.17, 15) is 9.59 Å². The van der Waals surface area contributed by atoms with Gasteiger partial charge >= 0.3 is 6.09 Å². The lowest BCUT2D eigenvalue weighted by atomic mass is 10.2. The molecular formula is C17H15N3O3. The molecule has 0 fully saturated rings. The van der Waals surface area contributed by atoms with Gasteiger partial charge < -0.3 is 4.74 Å². The molecule has 2 aromatic carbocycles. The lowest BCUT2D eigenvalue weighted by Gasteiger charge is -2.13. The molecule has 23 heavy (non-hydrogen) atoms. The minimum atomic E-state index is -0.653. The number of carbonyl (C=O) groups is 1. The molecule has 1 heterocycles. The summed E-state index contributed by atoms with van der Waals surface area (Å²) in [6, 6.07) is 16.0. The first-order valence-corrected chi connectivity index (χ1v) is 7.21. The molecular weight excluding hydrogens is 294 g/mol. The molecule has 0 radical (unpaired) electrons. The summed E-state index contributed by atoms with van der Waals surface area (Å²) in [6.07, 6.45) is -0.653. The maximum atomic E-state index is 12.8. The fourth-order valence-corrected chi connectivity index (χ4v) is 2.29. The van der Waals surface area contributed by atoms with Crippen LogP contribution in [0.25, 0.3) is 16.6 Å². The largest absolute Gasteiger partial charge is 0.450 e. The van der Waals surface area contributed by atoms with Gasteiger partial charge in [-0.3, -0.25) is 10.1 Å². The highest BCUT2D eigenvalue weighted by Gasteiger charge is 2.14. The van der Waals surface area contributed by atoms with Crippen molar-refractivity contribution in [2.24, 2.45) is 0 Å². The molecule has 0 unspecified atom stereocenters. The smallest absolute Gasteiger partial charge is 0.413 e. The Morgan fingerprint density at radius 3 is 2.57 bits per heavy atom. The lowest BCUT2D eigenvalue weighted by Crippen LogP contribution is -2.26. The number of hydrogen-bond acceptors (Lipinski definition) is 4. The summed E-state index contributed by atoms with van der Waals surface area (Å²) in [6.45, 7) is 1.94. The topological polar surface area (TPSA) is 73.2 Å². The zero-order chi connectivity index (χ0) is 16.2. The summed E-state index contributed by atoms with van der Waals surface area (Å²) in [7, 11) is 0. The molecule has 1 aromatic heterocycles. The van der Waals surface area contributed by atoms with E-state index in [2.05, 4.69) is 10.3 Å². The number of hydrogen-bond donors (Lipinski definition) is 1. The van der Waals surface area contributed by atoms with Crippen molar-refractivity contribution in [1.29, 1.82) is 0 Å². The first-order valence-electron chi connectivity index (χ1n) is 7.21. The van der Waals surface area contributed by atoms with E-state index in [1.165, 1.54) is 4.57 Å². The van der Waals surface area contributed by atoms with Crippen molar-refractivity contribution in [1.82, 2.24) is 9.55 Å². The van der Waals surface area contributed by atoms with E-state index in [0.717, 1.165) is 0 Å². The number of nitrogens with zero attached hydrogens (tertiary/aromatic N) is 2. The Hall–Kier alpha value is -3.15. The zero-order valence-electron chi connectivity index (χ0n) is 12.5. The molecule has 0 bridgehead atoms. The Balaban J connectivity index is 2.23. The number of benzene rings is 2. The van der Waals surface area contributed by atoms with Gasteiger partial charge in [0.15, 0.2) is 0 Å². The fourth-order valence-electron chi connectivity index (χ4n) is 2.29. The number of para-hydroxylation sites is 2. The van der Waals surface area contributed by atoms with Crippen LogP contribution in [0.15, 0.2) is 59.4 Å². The van der Waals surface area contributed by atoms with Crippen LogP contribution in [0.1, 0.15) is 6.92 Å². The number of fused-ring (bicyclic) bond motifs is 1. The van der Waals surface area contributed by atoms with Crippen molar-refractivity contribution in [3.8, 4) is 5.69 Å². The number of rotatable bonds is 3. The Morgan fingerprint density at radius 1 is 1.13 bits per heavy atom. The van der Waals surface area contributed by atoms with E-state index < -0.39 is 6.09 Å². The van der Waals surface area contributed by atoms with E-state index >= 15 is 0 Å². The van der Waals surface area contributed by atoms with Crippen LogP contribution in [-0.4, -0.2) is 22.3 Å². The molecule has 116 valence electrons. The number of carbonyl (C=O) groups excluding carboxylic acids is 1. The van der Waals surface area contributed by atoms with Crippen LogP contribution in [0.2, 0.25) is 0 Å². The van der Waals surface area contributed by atoms with Crippen LogP contribution in [-0.2, 0) is 4.74 Å². The molecule has 0 aliphatic heterocycles.